The summed E-state index contributed by atoms with van der Waals surface area (Å²) in [5.41, 5.74) is 0.202. The predicted octanol–water partition coefficient (Wildman–Crippen LogP) is 2.82. The standard InChI is InChI=1S/C19H20Cl2N2O5S/c20-15-2-4-16(5-3-15)28-10-7-22-19(24)14-1-6-17(21)18(13-14)29(25,26)23-8-11-27-12-9-23/h1-6,13H,7-12H2,(H,22,24). The zero-order valence-electron chi connectivity index (χ0n) is 15.4. The Kier molecular flexibility index (Phi) is 7.37. The van der Waals surface area contributed by atoms with Gasteiger partial charge in [0.15, 0.2) is 0 Å². The van der Waals surface area contributed by atoms with E-state index in [1.54, 1.807) is 24.3 Å². The summed E-state index contributed by atoms with van der Waals surface area (Å²) in [6, 6.07) is 11.1. The highest BCUT2D eigenvalue weighted by atomic mass is 35.5. The highest BCUT2D eigenvalue weighted by Crippen LogP contribution is 2.26. The van der Waals surface area contributed by atoms with Crippen LogP contribution in [0.5, 0.6) is 5.75 Å². The van der Waals surface area contributed by atoms with Crippen LogP contribution in [0.4, 0.5) is 0 Å². The molecule has 1 heterocycles. The minimum atomic E-state index is -3.81. The summed E-state index contributed by atoms with van der Waals surface area (Å²) in [5, 5.41) is 3.37. The molecule has 0 bridgehead atoms. The molecule has 1 fully saturated rings. The lowest BCUT2D eigenvalue weighted by Crippen LogP contribution is -2.40. The average Bonchev–Trinajstić information content (AvgIpc) is 2.73. The number of benzene rings is 2. The van der Waals surface area contributed by atoms with Crippen molar-refractivity contribution >= 4 is 39.1 Å². The normalized spacial score (nSPS) is 15.1. The van der Waals surface area contributed by atoms with Crippen molar-refractivity contribution in [2.24, 2.45) is 0 Å². The van der Waals surface area contributed by atoms with Crippen molar-refractivity contribution in [1.82, 2.24) is 9.62 Å². The van der Waals surface area contributed by atoms with Gasteiger partial charge in [0.05, 0.1) is 24.8 Å². The van der Waals surface area contributed by atoms with Gasteiger partial charge in [0.1, 0.15) is 17.3 Å². The molecular weight excluding hydrogens is 439 g/mol. The number of hydrogen-bond acceptors (Lipinski definition) is 5. The number of nitrogens with one attached hydrogen (secondary N) is 1. The van der Waals surface area contributed by atoms with Crippen molar-refractivity contribution in [1.29, 1.82) is 0 Å². The summed E-state index contributed by atoms with van der Waals surface area (Å²) < 4.78 is 37.7. The lowest BCUT2D eigenvalue weighted by Gasteiger charge is -2.26. The van der Waals surface area contributed by atoms with Gasteiger partial charge in [-0.25, -0.2) is 8.42 Å². The topological polar surface area (TPSA) is 84.9 Å². The molecule has 0 aliphatic carbocycles. The van der Waals surface area contributed by atoms with E-state index in [0.29, 0.717) is 24.0 Å². The molecule has 1 aliphatic heterocycles. The van der Waals surface area contributed by atoms with Crippen LogP contribution in [0.3, 0.4) is 0 Å². The first-order valence-corrected chi connectivity index (χ1v) is 11.1. The Morgan fingerprint density at radius 1 is 1.10 bits per heavy atom. The molecule has 0 atom stereocenters. The summed E-state index contributed by atoms with van der Waals surface area (Å²) >= 11 is 11.9. The Morgan fingerprint density at radius 2 is 1.79 bits per heavy atom. The molecule has 7 nitrogen and oxygen atoms in total. The Hall–Kier alpha value is -1.84. The van der Waals surface area contributed by atoms with Crippen molar-refractivity contribution in [2.75, 3.05) is 39.5 Å². The maximum absolute atomic E-state index is 12.8. The van der Waals surface area contributed by atoms with Crippen molar-refractivity contribution in [3.8, 4) is 5.75 Å². The van der Waals surface area contributed by atoms with Gasteiger partial charge in [-0.15, -0.1) is 0 Å². The second kappa shape index (κ2) is 9.77. The van der Waals surface area contributed by atoms with E-state index in [1.807, 2.05) is 0 Å². The van der Waals surface area contributed by atoms with E-state index < -0.39 is 15.9 Å². The maximum atomic E-state index is 12.8. The van der Waals surface area contributed by atoms with Gasteiger partial charge in [0.2, 0.25) is 10.0 Å². The number of morpholine rings is 1. The van der Waals surface area contributed by atoms with Gasteiger partial charge >= 0.3 is 0 Å². The number of carbonyl (C=O) groups is 1. The largest absolute Gasteiger partial charge is 0.492 e. The van der Waals surface area contributed by atoms with E-state index >= 15 is 0 Å². The molecular formula is C19H20Cl2N2O5S. The number of halogens is 2. The van der Waals surface area contributed by atoms with Crippen molar-refractivity contribution in [2.45, 2.75) is 4.90 Å². The molecule has 2 aromatic carbocycles. The number of ether oxygens (including phenoxy) is 2. The van der Waals surface area contributed by atoms with Crippen LogP contribution in [0, 0.1) is 0 Å². The van der Waals surface area contributed by atoms with Gasteiger partial charge in [0.25, 0.3) is 5.91 Å². The van der Waals surface area contributed by atoms with Crippen LogP contribution < -0.4 is 10.1 Å². The summed E-state index contributed by atoms with van der Waals surface area (Å²) in [7, 11) is -3.81. The van der Waals surface area contributed by atoms with Crippen LogP contribution in [0.1, 0.15) is 10.4 Å². The van der Waals surface area contributed by atoms with Crippen molar-refractivity contribution in [3.05, 3.63) is 58.1 Å². The fraction of sp³-hybridized carbons (Fsp3) is 0.316. The smallest absolute Gasteiger partial charge is 0.251 e. The van der Waals surface area contributed by atoms with E-state index in [1.165, 1.54) is 22.5 Å². The number of nitrogens with zero attached hydrogens (tertiary/aromatic N) is 1. The van der Waals surface area contributed by atoms with E-state index in [2.05, 4.69) is 5.32 Å². The number of amides is 1. The molecule has 0 aromatic heterocycles. The molecule has 1 aliphatic rings. The van der Waals surface area contributed by atoms with Crippen LogP contribution in [-0.4, -0.2) is 58.1 Å². The third-order valence-corrected chi connectivity index (χ3v) is 6.88. The third kappa shape index (κ3) is 5.61. The van der Waals surface area contributed by atoms with Crippen molar-refractivity contribution in [3.63, 3.8) is 0 Å². The lowest BCUT2D eigenvalue weighted by atomic mass is 10.2. The zero-order chi connectivity index (χ0) is 20.9. The molecule has 1 amide bonds. The highest BCUT2D eigenvalue weighted by Gasteiger charge is 2.29. The first-order valence-electron chi connectivity index (χ1n) is 8.92. The monoisotopic (exact) mass is 458 g/mol. The molecule has 29 heavy (non-hydrogen) atoms. The third-order valence-electron chi connectivity index (χ3n) is 4.25. The fourth-order valence-electron chi connectivity index (χ4n) is 2.73. The number of hydrogen-bond donors (Lipinski definition) is 1. The Bertz CT molecular complexity index is 961. The second-order valence-electron chi connectivity index (χ2n) is 6.22. The van der Waals surface area contributed by atoms with Gasteiger partial charge in [-0.05, 0) is 42.5 Å². The van der Waals surface area contributed by atoms with E-state index in [-0.39, 0.29) is 41.7 Å². The van der Waals surface area contributed by atoms with E-state index in [0.717, 1.165) is 0 Å². The zero-order valence-corrected chi connectivity index (χ0v) is 17.8. The molecule has 156 valence electrons. The van der Waals surface area contributed by atoms with Gasteiger partial charge in [-0.1, -0.05) is 23.2 Å². The summed E-state index contributed by atoms with van der Waals surface area (Å²) in [6.07, 6.45) is 0. The number of carbonyl (C=O) groups excluding carboxylic acids is 1. The van der Waals surface area contributed by atoms with Crippen LogP contribution >= 0.6 is 23.2 Å². The van der Waals surface area contributed by atoms with Gasteiger partial charge < -0.3 is 14.8 Å². The van der Waals surface area contributed by atoms with Crippen LogP contribution in [0.2, 0.25) is 10.0 Å². The molecule has 0 spiro atoms. The van der Waals surface area contributed by atoms with Crippen LogP contribution in [0.25, 0.3) is 0 Å². The Morgan fingerprint density at radius 3 is 2.48 bits per heavy atom. The number of rotatable bonds is 7. The van der Waals surface area contributed by atoms with Crippen molar-refractivity contribution < 1.29 is 22.7 Å². The molecule has 1 saturated heterocycles. The molecule has 0 unspecified atom stereocenters. The summed E-state index contributed by atoms with van der Waals surface area (Å²) in [4.78, 5) is 12.3. The van der Waals surface area contributed by atoms with Crippen LogP contribution in [0.15, 0.2) is 47.4 Å². The first-order chi connectivity index (χ1) is 13.9. The molecule has 2 aromatic rings. The van der Waals surface area contributed by atoms with Gasteiger partial charge in [-0.2, -0.15) is 4.31 Å². The molecule has 0 radical (unpaired) electrons. The molecule has 1 N–H and O–H groups in total. The minimum absolute atomic E-state index is 0.0686. The van der Waals surface area contributed by atoms with Gasteiger partial charge in [0, 0.05) is 23.7 Å². The summed E-state index contributed by atoms with van der Waals surface area (Å²) in [5.74, 6) is 0.217. The maximum Gasteiger partial charge on any atom is 0.251 e. The molecule has 3 rings (SSSR count). The number of sulfonamides is 1. The van der Waals surface area contributed by atoms with Gasteiger partial charge in [-0.3, -0.25) is 4.79 Å². The second-order valence-corrected chi connectivity index (χ2v) is 8.97. The van der Waals surface area contributed by atoms with Crippen LogP contribution in [-0.2, 0) is 14.8 Å². The fourth-order valence-corrected chi connectivity index (χ4v) is 4.77. The minimum Gasteiger partial charge on any atom is -0.492 e. The predicted molar refractivity (Wildman–Crippen MR) is 110 cm³/mol. The van der Waals surface area contributed by atoms with E-state index in [9.17, 15) is 13.2 Å². The molecule has 10 heteroatoms. The lowest BCUT2D eigenvalue weighted by molar-refractivity contribution is 0.0730. The Labute approximate surface area is 179 Å². The quantitative estimate of drug-likeness (QED) is 0.644. The first kappa shape index (κ1) is 21.9. The highest BCUT2D eigenvalue weighted by molar-refractivity contribution is 7.89. The SMILES string of the molecule is O=C(NCCOc1ccc(Cl)cc1)c1ccc(Cl)c(S(=O)(=O)N2CCOCC2)c1. The summed E-state index contributed by atoms with van der Waals surface area (Å²) in [6.45, 7) is 1.64. The molecule has 0 saturated carbocycles. The average molecular weight is 459 g/mol. The Balaban J connectivity index is 1.62. The van der Waals surface area contributed by atoms with E-state index in [4.69, 9.17) is 32.7 Å².